The van der Waals surface area contributed by atoms with Crippen LogP contribution in [0.3, 0.4) is 0 Å². The van der Waals surface area contributed by atoms with Crippen LogP contribution in [0, 0.1) is 0 Å². The number of para-hydroxylation sites is 2. The first kappa shape index (κ1) is 14.3. The van der Waals surface area contributed by atoms with Crippen LogP contribution in [0.2, 0.25) is 0 Å². The third kappa shape index (κ3) is 2.79. The predicted molar refractivity (Wildman–Crippen MR) is 96.6 cm³/mol. The molecule has 0 fully saturated rings. The van der Waals surface area contributed by atoms with E-state index in [4.69, 9.17) is 4.52 Å². The zero-order chi connectivity index (χ0) is 16.2. The monoisotopic (exact) mass is 312 g/mol. The minimum atomic E-state index is 0.686. The predicted octanol–water partition coefficient (Wildman–Crippen LogP) is 5.81. The number of rotatable bonds is 4. The van der Waals surface area contributed by atoms with Crippen molar-refractivity contribution in [2.75, 3.05) is 4.90 Å². The minimum absolute atomic E-state index is 0.686. The first-order valence-electron chi connectivity index (χ1n) is 7.84. The van der Waals surface area contributed by atoms with Crippen LogP contribution in [0.5, 0.6) is 0 Å². The summed E-state index contributed by atoms with van der Waals surface area (Å²) in [6.45, 7) is 0. The maximum atomic E-state index is 5.67. The lowest BCUT2D eigenvalue weighted by atomic mass is 10.1. The zero-order valence-corrected chi connectivity index (χ0v) is 13.0. The van der Waals surface area contributed by atoms with E-state index in [0.717, 1.165) is 22.6 Å². The standard InChI is InChI=1S/C21H16N2O/c1-4-10-17(11-5-1)20-16-21(24-22-20)23(18-12-6-2-7-13-18)19-14-8-3-9-15-19/h1-16H. The number of anilines is 3. The van der Waals surface area contributed by atoms with Gasteiger partial charge in [0.15, 0.2) is 0 Å². The van der Waals surface area contributed by atoms with Crippen LogP contribution in [-0.2, 0) is 0 Å². The van der Waals surface area contributed by atoms with Gasteiger partial charge in [-0.1, -0.05) is 71.9 Å². The Morgan fingerprint density at radius 3 is 1.67 bits per heavy atom. The summed E-state index contributed by atoms with van der Waals surface area (Å²) < 4.78 is 5.67. The van der Waals surface area contributed by atoms with E-state index in [9.17, 15) is 0 Å². The SMILES string of the molecule is c1ccc(-c2cc(N(c3ccccc3)c3ccccc3)on2)cc1. The Labute approximate surface area is 140 Å². The Morgan fingerprint density at radius 2 is 1.12 bits per heavy atom. The molecular formula is C21H16N2O. The molecule has 0 saturated heterocycles. The van der Waals surface area contributed by atoms with Crippen molar-refractivity contribution in [2.45, 2.75) is 0 Å². The summed E-state index contributed by atoms with van der Waals surface area (Å²) in [6, 6.07) is 32.3. The second-order valence-electron chi connectivity index (χ2n) is 5.42. The highest BCUT2D eigenvalue weighted by Crippen LogP contribution is 2.35. The van der Waals surface area contributed by atoms with E-state index in [1.807, 2.05) is 72.8 Å². The summed E-state index contributed by atoms with van der Waals surface area (Å²) >= 11 is 0. The molecule has 0 unspecified atom stereocenters. The van der Waals surface area contributed by atoms with Crippen LogP contribution in [0.1, 0.15) is 0 Å². The first-order valence-corrected chi connectivity index (χ1v) is 7.84. The van der Waals surface area contributed by atoms with Crippen LogP contribution in [0.4, 0.5) is 17.3 Å². The van der Waals surface area contributed by atoms with Gasteiger partial charge < -0.3 is 4.52 Å². The average Bonchev–Trinajstić information content (AvgIpc) is 3.14. The quantitative estimate of drug-likeness (QED) is 0.476. The van der Waals surface area contributed by atoms with Crippen molar-refractivity contribution >= 4 is 17.3 Å². The largest absolute Gasteiger partial charge is 0.337 e. The molecule has 0 bridgehead atoms. The van der Waals surface area contributed by atoms with Crippen molar-refractivity contribution in [3.63, 3.8) is 0 Å². The summed E-state index contributed by atoms with van der Waals surface area (Å²) in [7, 11) is 0. The number of aromatic nitrogens is 1. The van der Waals surface area contributed by atoms with E-state index in [0.29, 0.717) is 5.88 Å². The molecular weight excluding hydrogens is 296 g/mol. The Balaban J connectivity index is 1.79. The van der Waals surface area contributed by atoms with Crippen LogP contribution in [0.15, 0.2) is 102 Å². The van der Waals surface area contributed by atoms with Gasteiger partial charge in [0.1, 0.15) is 5.69 Å². The van der Waals surface area contributed by atoms with Crippen molar-refractivity contribution in [2.24, 2.45) is 0 Å². The molecule has 0 amide bonds. The zero-order valence-electron chi connectivity index (χ0n) is 13.0. The maximum absolute atomic E-state index is 5.67. The molecule has 3 nitrogen and oxygen atoms in total. The van der Waals surface area contributed by atoms with Gasteiger partial charge >= 0.3 is 0 Å². The Hall–Kier alpha value is -3.33. The summed E-state index contributed by atoms with van der Waals surface area (Å²) in [4.78, 5) is 2.05. The molecule has 116 valence electrons. The summed E-state index contributed by atoms with van der Waals surface area (Å²) in [5.41, 5.74) is 3.91. The van der Waals surface area contributed by atoms with Crippen LogP contribution >= 0.6 is 0 Å². The van der Waals surface area contributed by atoms with Crippen molar-refractivity contribution in [3.05, 3.63) is 97.1 Å². The molecule has 0 radical (unpaired) electrons. The van der Waals surface area contributed by atoms with Crippen molar-refractivity contribution in [1.82, 2.24) is 5.16 Å². The van der Waals surface area contributed by atoms with E-state index >= 15 is 0 Å². The highest BCUT2D eigenvalue weighted by molar-refractivity contribution is 5.75. The van der Waals surface area contributed by atoms with Gasteiger partial charge in [-0.2, -0.15) is 0 Å². The van der Waals surface area contributed by atoms with E-state index in [-0.39, 0.29) is 0 Å². The molecule has 24 heavy (non-hydrogen) atoms. The molecule has 4 rings (SSSR count). The molecule has 0 spiro atoms. The lowest BCUT2D eigenvalue weighted by molar-refractivity contribution is 0.431. The van der Waals surface area contributed by atoms with Gasteiger partial charge in [0.25, 0.3) is 0 Å². The molecule has 0 aliphatic carbocycles. The van der Waals surface area contributed by atoms with Crippen molar-refractivity contribution in [1.29, 1.82) is 0 Å². The summed E-state index contributed by atoms with van der Waals surface area (Å²) in [6.07, 6.45) is 0. The third-order valence-corrected chi connectivity index (χ3v) is 3.82. The smallest absolute Gasteiger partial charge is 0.236 e. The molecule has 1 aromatic heterocycles. The van der Waals surface area contributed by atoms with E-state index in [1.54, 1.807) is 0 Å². The third-order valence-electron chi connectivity index (χ3n) is 3.82. The molecule has 4 aromatic rings. The van der Waals surface area contributed by atoms with Gasteiger partial charge in [0.2, 0.25) is 5.88 Å². The number of benzene rings is 3. The van der Waals surface area contributed by atoms with Gasteiger partial charge in [-0.25, -0.2) is 0 Å². The fraction of sp³-hybridized carbons (Fsp3) is 0. The Kier molecular flexibility index (Phi) is 3.82. The lowest BCUT2D eigenvalue weighted by Gasteiger charge is -2.21. The molecule has 0 aliphatic rings. The van der Waals surface area contributed by atoms with E-state index < -0.39 is 0 Å². The highest BCUT2D eigenvalue weighted by Gasteiger charge is 2.17. The average molecular weight is 312 g/mol. The maximum Gasteiger partial charge on any atom is 0.236 e. The second-order valence-corrected chi connectivity index (χ2v) is 5.42. The molecule has 0 saturated carbocycles. The lowest BCUT2D eigenvalue weighted by Crippen LogP contribution is -2.08. The van der Waals surface area contributed by atoms with Gasteiger partial charge in [0.05, 0.1) is 0 Å². The van der Waals surface area contributed by atoms with Gasteiger partial charge in [-0.15, -0.1) is 0 Å². The molecule has 1 heterocycles. The van der Waals surface area contributed by atoms with Gasteiger partial charge in [-0.3, -0.25) is 4.90 Å². The van der Waals surface area contributed by atoms with Crippen LogP contribution in [-0.4, -0.2) is 5.16 Å². The van der Waals surface area contributed by atoms with Gasteiger partial charge in [0, 0.05) is 23.0 Å². The number of nitrogens with zero attached hydrogens (tertiary/aromatic N) is 2. The number of hydrogen-bond donors (Lipinski definition) is 0. The van der Waals surface area contributed by atoms with Crippen LogP contribution in [0.25, 0.3) is 11.3 Å². The molecule has 0 atom stereocenters. The topological polar surface area (TPSA) is 29.3 Å². The minimum Gasteiger partial charge on any atom is -0.337 e. The van der Waals surface area contributed by atoms with Gasteiger partial charge in [-0.05, 0) is 24.3 Å². The highest BCUT2D eigenvalue weighted by atomic mass is 16.5. The van der Waals surface area contributed by atoms with E-state index in [1.165, 1.54) is 0 Å². The number of hydrogen-bond acceptors (Lipinski definition) is 3. The molecule has 0 N–H and O–H groups in total. The molecule has 3 aromatic carbocycles. The van der Waals surface area contributed by atoms with Crippen LogP contribution < -0.4 is 4.90 Å². The van der Waals surface area contributed by atoms with E-state index in [2.05, 4.69) is 34.3 Å². The second kappa shape index (κ2) is 6.42. The Bertz CT molecular complexity index is 863. The normalized spacial score (nSPS) is 10.5. The summed E-state index contributed by atoms with van der Waals surface area (Å²) in [5, 5.41) is 4.24. The Morgan fingerprint density at radius 1 is 0.625 bits per heavy atom. The fourth-order valence-corrected chi connectivity index (χ4v) is 2.67. The van der Waals surface area contributed by atoms with Crippen molar-refractivity contribution < 1.29 is 4.52 Å². The molecule has 0 aliphatic heterocycles. The molecule has 3 heteroatoms. The van der Waals surface area contributed by atoms with Crippen molar-refractivity contribution in [3.8, 4) is 11.3 Å². The summed E-state index contributed by atoms with van der Waals surface area (Å²) in [5.74, 6) is 0.686. The first-order chi connectivity index (χ1) is 11.9. The fourth-order valence-electron chi connectivity index (χ4n) is 2.67.